The maximum Gasteiger partial charge on any atom is 0.321 e. The fourth-order valence-corrected chi connectivity index (χ4v) is 2.07. The quantitative estimate of drug-likeness (QED) is 0.556. The summed E-state index contributed by atoms with van der Waals surface area (Å²) in [6, 6.07) is 11.0. The van der Waals surface area contributed by atoms with Crippen LogP contribution in [0.4, 0.5) is 10.5 Å². The van der Waals surface area contributed by atoms with E-state index in [0.29, 0.717) is 11.3 Å². The molecule has 9 heteroatoms. The molecule has 0 aliphatic rings. The number of urea groups is 1. The molecular formula is C15H13Cl3N4O2. The second-order valence-corrected chi connectivity index (χ2v) is 7.02. The Morgan fingerprint density at radius 1 is 1.00 bits per heavy atom. The summed E-state index contributed by atoms with van der Waals surface area (Å²) in [4.78, 5) is 28.0. The van der Waals surface area contributed by atoms with Crippen molar-refractivity contribution in [2.45, 2.75) is 9.96 Å². The second kappa shape index (κ2) is 8.19. The molecule has 0 fully saturated rings. The molecule has 0 aliphatic heterocycles. The fraction of sp³-hybridized carbons (Fsp3) is 0.133. The van der Waals surface area contributed by atoms with Crippen LogP contribution in [0, 0.1) is 0 Å². The van der Waals surface area contributed by atoms with Gasteiger partial charge in [-0.2, -0.15) is 0 Å². The maximum atomic E-state index is 12.2. The van der Waals surface area contributed by atoms with E-state index in [1.54, 1.807) is 48.7 Å². The lowest BCUT2D eigenvalue weighted by Gasteiger charge is -2.26. The number of nitrogens with zero attached hydrogens (tertiary/aromatic N) is 1. The topological polar surface area (TPSA) is 83.1 Å². The van der Waals surface area contributed by atoms with Crippen LogP contribution in [0.2, 0.25) is 0 Å². The van der Waals surface area contributed by atoms with Crippen LogP contribution in [0.5, 0.6) is 0 Å². The Morgan fingerprint density at radius 3 is 2.29 bits per heavy atom. The SMILES string of the molecule is O=C(Nc1cccnc1)NC(NC(=O)c1ccccc1)C(Cl)(Cl)Cl. The van der Waals surface area contributed by atoms with E-state index in [0.717, 1.165) is 0 Å². The maximum absolute atomic E-state index is 12.2. The second-order valence-electron chi connectivity index (χ2n) is 4.65. The number of pyridine rings is 1. The number of benzene rings is 1. The van der Waals surface area contributed by atoms with Gasteiger partial charge < -0.3 is 16.0 Å². The molecule has 0 saturated carbocycles. The predicted molar refractivity (Wildman–Crippen MR) is 94.4 cm³/mol. The largest absolute Gasteiger partial charge is 0.328 e. The first-order chi connectivity index (χ1) is 11.4. The van der Waals surface area contributed by atoms with Crippen molar-refractivity contribution >= 4 is 52.4 Å². The first-order valence-electron chi connectivity index (χ1n) is 6.76. The van der Waals surface area contributed by atoms with Crippen molar-refractivity contribution in [2.75, 3.05) is 5.32 Å². The van der Waals surface area contributed by atoms with Gasteiger partial charge in [0.2, 0.25) is 3.79 Å². The molecule has 0 bridgehead atoms. The zero-order valence-electron chi connectivity index (χ0n) is 12.2. The third-order valence-electron chi connectivity index (χ3n) is 2.83. The van der Waals surface area contributed by atoms with E-state index >= 15 is 0 Å². The van der Waals surface area contributed by atoms with Crippen molar-refractivity contribution in [3.8, 4) is 0 Å². The van der Waals surface area contributed by atoms with E-state index in [1.165, 1.54) is 6.20 Å². The van der Waals surface area contributed by atoms with Crippen LogP contribution in [0.25, 0.3) is 0 Å². The Bertz CT molecular complexity index is 693. The van der Waals surface area contributed by atoms with E-state index < -0.39 is 21.9 Å². The summed E-state index contributed by atoms with van der Waals surface area (Å²) in [5.41, 5.74) is 0.818. The number of carbonyl (C=O) groups is 2. The first-order valence-corrected chi connectivity index (χ1v) is 7.90. The van der Waals surface area contributed by atoms with Crippen molar-refractivity contribution in [1.82, 2.24) is 15.6 Å². The van der Waals surface area contributed by atoms with Crippen LogP contribution in [-0.2, 0) is 0 Å². The highest BCUT2D eigenvalue weighted by Crippen LogP contribution is 2.29. The summed E-state index contributed by atoms with van der Waals surface area (Å²) in [6.45, 7) is 0. The summed E-state index contributed by atoms with van der Waals surface area (Å²) in [6.07, 6.45) is 1.77. The molecule has 2 aromatic rings. The number of carbonyl (C=O) groups excluding carboxylic acids is 2. The number of hydrogen-bond acceptors (Lipinski definition) is 3. The van der Waals surface area contributed by atoms with Gasteiger partial charge in [0.25, 0.3) is 5.91 Å². The van der Waals surface area contributed by atoms with E-state index in [9.17, 15) is 9.59 Å². The van der Waals surface area contributed by atoms with Gasteiger partial charge in [-0.05, 0) is 24.3 Å². The summed E-state index contributed by atoms with van der Waals surface area (Å²) in [5, 5.41) is 7.39. The van der Waals surface area contributed by atoms with Crippen LogP contribution in [-0.4, -0.2) is 26.9 Å². The zero-order chi connectivity index (χ0) is 17.6. The van der Waals surface area contributed by atoms with Gasteiger partial charge in [-0.3, -0.25) is 9.78 Å². The molecule has 0 aliphatic carbocycles. The number of halogens is 3. The highest BCUT2D eigenvalue weighted by molar-refractivity contribution is 6.68. The molecule has 1 atom stereocenters. The normalized spacial score (nSPS) is 12.1. The van der Waals surface area contributed by atoms with Gasteiger partial charge >= 0.3 is 6.03 Å². The van der Waals surface area contributed by atoms with Crippen LogP contribution >= 0.6 is 34.8 Å². The predicted octanol–water partition coefficient (Wildman–Crippen LogP) is 3.33. The summed E-state index contributed by atoms with van der Waals surface area (Å²) in [7, 11) is 0. The average molecular weight is 388 g/mol. The molecule has 1 aromatic carbocycles. The fourth-order valence-electron chi connectivity index (χ4n) is 1.74. The lowest BCUT2D eigenvalue weighted by atomic mass is 10.2. The van der Waals surface area contributed by atoms with Gasteiger partial charge in [0.05, 0.1) is 11.9 Å². The number of alkyl halides is 3. The van der Waals surface area contributed by atoms with Crippen LogP contribution in [0.1, 0.15) is 10.4 Å². The summed E-state index contributed by atoms with van der Waals surface area (Å²) >= 11 is 17.5. The molecule has 126 valence electrons. The van der Waals surface area contributed by atoms with Gasteiger partial charge in [0.1, 0.15) is 0 Å². The number of aromatic nitrogens is 1. The standard InChI is InChI=1S/C15H13Cl3N4O2/c16-15(17,18)13(21-12(23)10-5-2-1-3-6-10)22-14(24)20-11-7-4-8-19-9-11/h1-9,13H,(H,21,23)(H2,20,22,24). The summed E-state index contributed by atoms with van der Waals surface area (Å²) < 4.78 is -1.95. The van der Waals surface area contributed by atoms with Gasteiger partial charge in [-0.15, -0.1) is 0 Å². The monoisotopic (exact) mass is 386 g/mol. The molecule has 24 heavy (non-hydrogen) atoms. The van der Waals surface area contributed by atoms with Gasteiger partial charge in [0, 0.05) is 11.8 Å². The molecule has 3 N–H and O–H groups in total. The Labute approximate surface area is 153 Å². The van der Waals surface area contributed by atoms with Gasteiger partial charge in [-0.25, -0.2) is 4.79 Å². The minimum absolute atomic E-state index is 0.367. The molecule has 3 amide bonds. The van der Waals surface area contributed by atoms with Crippen molar-refractivity contribution in [2.24, 2.45) is 0 Å². The zero-order valence-corrected chi connectivity index (χ0v) is 14.4. The number of hydrogen-bond donors (Lipinski definition) is 3. The Balaban J connectivity index is 2.03. The Morgan fingerprint density at radius 2 is 1.71 bits per heavy atom. The van der Waals surface area contributed by atoms with Crippen LogP contribution in [0.3, 0.4) is 0 Å². The molecule has 6 nitrogen and oxygen atoms in total. The summed E-state index contributed by atoms with van der Waals surface area (Å²) in [5.74, 6) is -0.492. The van der Waals surface area contributed by atoms with Crippen LogP contribution < -0.4 is 16.0 Å². The van der Waals surface area contributed by atoms with E-state index in [-0.39, 0.29) is 0 Å². The smallest absolute Gasteiger partial charge is 0.321 e. The molecule has 0 radical (unpaired) electrons. The first kappa shape index (κ1) is 18.3. The van der Waals surface area contributed by atoms with E-state index in [2.05, 4.69) is 20.9 Å². The van der Waals surface area contributed by atoms with Crippen LogP contribution in [0.15, 0.2) is 54.9 Å². The lowest BCUT2D eigenvalue weighted by Crippen LogP contribution is -2.56. The highest BCUT2D eigenvalue weighted by Gasteiger charge is 2.35. The van der Waals surface area contributed by atoms with Crippen molar-refractivity contribution in [3.05, 3.63) is 60.4 Å². The number of nitrogens with one attached hydrogen (secondary N) is 3. The third kappa shape index (κ3) is 5.56. The van der Waals surface area contributed by atoms with E-state index in [1.807, 2.05) is 0 Å². The molecule has 2 rings (SSSR count). The average Bonchev–Trinajstić information content (AvgIpc) is 2.55. The minimum atomic E-state index is -1.95. The Kier molecular flexibility index (Phi) is 6.25. The van der Waals surface area contributed by atoms with Crippen molar-refractivity contribution < 1.29 is 9.59 Å². The Hall–Kier alpha value is -2.02. The lowest BCUT2D eigenvalue weighted by molar-refractivity contribution is 0.0933. The van der Waals surface area contributed by atoms with Crippen molar-refractivity contribution in [3.63, 3.8) is 0 Å². The molecule has 1 heterocycles. The minimum Gasteiger partial charge on any atom is -0.328 e. The molecule has 1 unspecified atom stereocenters. The highest BCUT2D eigenvalue weighted by atomic mass is 35.6. The molecule has 1 aromatic heterocycles. The number of amides is 3. The number of rotatable bonds is 4. The molecule has 0 saturated heterocycles. The van der Waals surface area contributed by atoms with Crippen molar-refractivity contribution in [1.29, 1.82) is 0 Å². The van der Waals surface area contributed by atoms with Gasteiger partial charge in [-0.1, -0.05) is 53.0 Å². The third-order valence-corrected chi connectivity index (χ3v) is 3.49. The van der Waals surface area contributed by atoms with Gasteiger partial charge in [0.15, 0.2) is 6.17 Å². The molecule has 0 spiro atoms. The molecular weight excluding hydrogens is 375 g/mol. The number of anilines is 1. The van der Waals surface area contributed by atoms with E-state index in [4.69, 9.17) is 34.8 Å².